The molecule has 1 aromatic carbocycles. The predicted molar refractivity (Wildman–Crippen MR) is 71.7 cm³/mol. The van der Waals surface area contributed by atoms with Crippen molar-refractivity contribution in [3.8, 4) is 0 Å². The first-order valence-corrected chi connectivity index (χ1v) is 6.23. The minimum atomic E-state index is -0.000917. The van der Waals surface area contributed by atoms with E-state index < -0.39 is 0 Å². The third kappa shape index (κ3) is 4.24. The second kappa shape index (κ2) is 5.80. The number of hydrogen-bond acceptors (Lipinski definition) is 2. The summed E-state index contributed by atoms with van der Waals surface area (Å²) < 4.78 is 6.33. The Bertz CT molecular complexity index is 350. The molecule has 1 rings (SSSR count). The van der Waals surface area contributed by atoms with E-state index in [1.165, 1.54) is 11.1 Å². The van der Waals surface area contributed by atoms with Crippen LogP contribution in [0.15, 0.2) is 22.7 Å². The maximum atomic E-state index is 5.17. The van der Waals surface area contributed by atoms with E-state index in [2.05, 4.69) is 60.2 Å². The Morgan fingerprint density at radius 3 is 2.62 bits per heavy atom. The maximum Gasteiger partial charge on any atom is 0.0639 e. The Morgan fingerprint density at radius 1 is 1.38 bits per heavy atom. The van der Waals surface area contributed by atoms with Crippen molar-refractivity contribution in [3.05, 3.63) is 33.8 Å². The second-order valence-corrected chi connectivity index (χ2v) is 5.62. The van der Waals surface area contributed by atoms with Crippen LogP contribution >= 0.6 is 15.9 Å². The van der Waals surface area contributed by atoms with Crippen LogP contribution in [0.1, 0.15) is 25.0 Å². The summed E-state index contributed by atoms with van der Waals surface area (Å²) in [5.41, 5.74) is 2.54. The summed E-state index contributed by atoms with van der Waals surface area (Å²) in [6.07, 6.45) is 0. The van der Waals surface area contributed by atoms with E-state index in [1.54, 1.807) is 7.11 Å². The second-order valence-electron chi connectivity index (χ2n) is 4.77. The van der Waals surface area contributed by atoms with Gasteiger partial charge in [0.2, 0.25) is 0 Å². The molecule has 0 fully saturated rings. The van der Waals surface area contributed by atoms with Crippen molar-refractivity contribution in [3.63, 3.8) is 0 Å². The predicted octanol–water partition coefficient (Wildman–Crippen LogP) is 3.27. The lowest BCUT2D eigenvalue weighted by Crippen LogP contribution is -2.42. The van der Waals surface area contributed by atoms with Crippen molar-refractivity contribution in [1.82, 2.24) is 5.32 Å². The molecular formula is C13H20BrNO. The summed E-state index contributed by atoms with van der Waals surface area (Å²) in [6.45, 7) is 7.92. The van der Waals surface area contributed by atoms with Crippen molar-refractivity contribution < 1.29 is 4.74 Å². The summed E-state index contributed by atoms with van der Waals surface area (Å²) in [7, 11) is 1.73. The molecule has 0 bridgehead atoms. The highest BCUT2D eigenvalue weighted by Gasteiger charge is 2.16. The zero-order chi connectivity index (χ0) is 12.2. The summed E-state index contributed by atoms with van der Waals surface area (Å²) in [5, 5.41) is 3.48. The van der Waals surface area contributed by atoms with E-state index in [4.69, 9.17) is 4.74 Å². The van der Waals surface area contributed by atoms with E-state index in [0.29, 0.717) is 6.61 Å². The summed E-state index contributed by atoms with van der Waals surface area (Å²) in [5.74, 6) is 0. The monoisotopic (exact) mass is 285 g/mol. The fourth-order valence-electron chi connectivity index (χ4n) is 1.54. The number of aryl methyl sites for hydroxylation is 1. The molecule has 1 aromatic rings. The molecular weight excluding hydrogens is 266 g/mol. The fourth-order valence-corrected chi connectivity index (χ4v) is 2.18. The quantitative estimate of drug-likeness (QED) is 0.897. The number of methoxy groups -OCH3 is 1. The molecule has 0 radical (unpaired) electrons. The van der Waals surface area contributed by atoms with Gasteiger partial charge in [-0.25, -0.2) is 0 Å². The number of halogens is 1. The minimum absolute atomic E-state index is 0.000917. The Kier molecular flexibility index (Phi) is 4.96. The van der Waals surface area contributed by atoms with Gasteiger partial charge in [-0.1, -0.05) is 28.1 Å². The molecule has 0 aliphatic heterocycles. The van der Waals surface area contributed by atoms with Gasteiger partial charge in [0.1, 0.15) is 0 Å². The van der Waals surface area contributed by atoms with Crippen LogP contribution in [0.25, 0.3) is 0 Å². The Morgan fingerprint density at radius 2 is 2.06 bits per heavy atom. The van der Waals surface area contributed by atoms with Gasteiger partial charge in [0.15, 0.2) is 0 Å². The van der Waals surface area contributed by atoms with Crippen LogP contribution in [0.4, 0.5) is 0 Å². The van der Waals surface area contributed by atoms with Crippen molar-refractivity contribution >= 4 is 15.9 Å². The van der Waals surface area contributed by atoms with Crippen LogP contribution in [0.5, 0.6) is 0 Å². The standard InChI is InChI=1S/C13H20BrNO/c1-10-5-6-11(12(14)7-10)8-15-13(2,3)9-16-4/h5-7,15H,8-9H2,1-4H3. The molecule has 0 unspecified atom stereocenters. The van der Waals surface area contributed by atoms with Crippen molar-refractivity contribution in [2.24, 2.45) is 0 Å². The highest BCUT2D eigenvalue weighted by molar-refractivity contribution is 9.10. The van der Waals surface area contributed by atoms with Crippen LogP contribution in [-0.4, -0.2) is 19.3 Å². The molecule has 2 nitrogen and oxygen atoms in total. The van der Waals surface area contributed by atoms with Gasteiger partial charge in [-0.05, 0) is 38.0 Å². The lowest BCUT2D eigenvalue weighted by Gasteiger charge is -2.25. The van der Waals surface area contributed by atoms with Gasteiger partial charge in [0.25, 0.3) is 0 Å². The Labute approximate surface area is 107 Å². The largest absolute Gasteiger partial charge is 0.383 e. The average molecular weight is 286 g/mol. The van der Waals surface area contributed by atoms with Crippen LogP contribution in [0.2, 0.25) is 0 Å². The van der Waals surface area contributed by atoms with E-state index in [0.717, 1.165) is 11.0 Å². The fraction of sp³-hybridized carbons (Fsp3) is 0.538. The topological polar surface area (TPSA) is 21.3 Å². The smallest absolute Gasteiger partial charge is 0.0639 e. The molecule has 1 N–H and O–H groups in total. The van der Waals surface area contributed by atoms with E-state index >= 15 is 0 Å². The van der Waals surface area contributed by atoms with Crippen LogP contribution in [0.3, 0.4) is 0 Å². The van der Waals surface area contributed by atoms with Crippen LogP contribution in [0, 0.1) is 6.92 Å². The molecule has 0 atom stereocenters. The lowest BCUT2D eigenvalue weighted by molar-refractivity contribution is 0.127. The van der Waals surface area contributed by atoms with Gasteiger partial charge < -0.3 is 10.1 Å². The third-order valence-electron chi connectivity index (χ3n) is 2.47. The zero-order valence-electron chi connectivity index (χ0n) is 10.4. The lowest BCUT2D eigenvalue weighted by atomic mass is 10.1. The molecule has 0 heterocycles. The van der Waals surface area contributed by atoms with Crippen molar-refractivity contribution in [1.29, 1.82) is 0 Å². The summed E-state index contributed by atoms with van der Waals surface area (Å²) in [6, 6.07) is 6.42. The molecule has 0 aliphatic rings. The molecule has 0 aromatic heterocycles. The Hall–Kier alpha value is -0.380. The Balaban J connectivity index is 2.61. The maximum absolute atomic E-state index is 5.17. The molecule has 0 spiro atoms. The van der Waals surface area contributed by atoms with Gasteiger partial charge in [0, 0.05) is 23.7 Å². The number of ether oxygens (including phenoxy) is 1. The molecule has 0 aliphatic carbocycles. The molecule has 0 amide bonds. The highest BCUT2D eigenvalue weighted by atomic mass is 79.9. The van der Waals surface area contributed by atoms with E-state index in [1.807, 2.05) is 0 Å². The van der Waals surface area contributed by atoms with Crippen LogP contribution in [-0.2, 0) is 11.3 Å². The zero-order valence-corrected chi connectivity index (χ0v) is 12.0. The first-order chi connectivity index (χ1) is 7.44. The van der Waals surface area contributed by atoms with Gasteiger partial charge in [-0.3, -0.25) is 0 Å². The van der Waals surface area contributed by atoms with Crippen LogP contribution < -0.4 is 5.32 Å². The minimum Gasteiger partial charge on any atom is -0.383 e. The molecule has 0 saturated carbocycles. The van der Waals surface area contributed by atoms with E-state index in [-0.39, 0.29) is 5.54 Å². The summed E-state index contributed by atoms with van der Waals surface area (Å²) >= 11 is 3.58. The molecule has 0 saturated heterocycles. The SMILES string of the molecule is COCC(C)(C)NCc1ccc(C)cc1Br. The number of rotatable bonds is 5. The first kappa shape index (κ1) is 13.7. The molecule has 90 valence electrons. The van der Waals surface area contributed by atoms with Gasteiger partial charge >= 0.3 is 0 Å². The number of benzene rings is 1. The van der Waals surface area contributed by atoms with E-state index in [9.17, 15) is 0 Å². The third-order valence-corrected chi connectivity index (χ3v) is 3.21. The first-order valence-electron chi connectivity index (χ1n) is 5.43. The summed E-state index contributed by atoms with van der Waals surface area (Å²) in [4.78, 5) is 0. The highest BCUT2D eigenvalue weighted by Crippen LogP contribution is 2.19. The van der Waals surface area contributed by atoms with Gasteiger partial charge in [-0.15, -0.1) is 0 Å². The normalized spacial score (nSPS) is 11.8. The number of nitrogens with one attached hydrogen (secondary N) is 1. The van der Waals surface area contributed by atoms with Gasteiger partial charge in [0.05, 0.1) is 6.61 Å². The average Bonchev–Trinajstić information content (AvgIpc) is 2.16. The van der Waals surface area contributed by atoms with Gasteiger partial charge in [-0.2, -0.15) is 0 Å². The van der Waals surface area contributed by atoms with Crippen molar-refractivity contribution in [2.45, 2.75) is 32.9 Å². The van der Waals surface area contributed by atoms with Crippen molar-refractivity contribution in [2.75, 3.05) is 13.7 Å². The number of hydrogen-bond donors (Lipinski definition) is 1. The molecule has 3 heteroatoms. The molecule has 16 heavy (non-hydrogen) atoms.